The van der Waals surface area contributed by atoms with Crippen molar-refractivity contribution in [1.29, 1.82) is 0 Å². The molecule has 1 aromatic rings. The number of carbonyl (C=O) groups excluding carboxylic acids is 2. The second-order valence-electron chi connectivity index (χ2n) is 5.68. The molecule has 0 aromatic heterocycles. The van der Waals surface area contributed by atoms with E-state index in [-0.39, 0.29) is 30.2 Å². The van der Waals surface area contributed by atoms with Crippen LogP contribution in [0.25, 0.3) is 0 Å². The third-order valence-electron chi connectivity index (χ3n) is 3.41. The Hall–Kier alpha value is -1.91. The molecule has 2 amide bonds. The Bertz CT molecular complexity index is 507. The Morgan fingerprint density at radius 3 is 2.35 bits per heavy atom. The zero-order valence-corrected chi connectivity index (χ0v) is 11.7. The van der Waals surface area contributed by atoms with Gasteiger partial charge in [0.05, 0.1) is 0 Å². The lowest BCUT2D eigenvalue weighted by atomic mass is 9.91. The predicted octanol–water partition coefficient (Wildman–Crippen LogP) is 1.75. The van der Waals surface area contributed by atoms with E-state index in [9.17, 15) is 14.0 Å². The molecular weight excluding hydrogens is 259 g/mol. The summed E-state index contributed by atoms with van der Waals surface area (Å²) in [5.74, 6) is -0.902. The largest absolute Gasteiger partial charge is 0.352 e. The van der Waals surface area contributed by atoms with Gasteiger partial charge in [-0.15, -0.1) is 0 Å². The van der Waals surface area contributed by atoms with Crippen molar-refractivity contribution in [3.63, 3.8) is 0 Å². The highest BCUT2D eigenvalue weighted by molar-refractivity contribution is 6.04. The van der Waals surface area contributed by atoms with Crippen molar-refractivity contribution in [2.24, 2.45) is 5.41 Å². The number of carbonyl (C=O) groups is 2. The SMILES string of the molecule is CC(C)(C(=O)NCc1ccc(F)cc1)C(=O)NC1CC1. The van der Waals surface area contributed by atoms with E-state index >= 15 is 0 Å². The van der Waals surface area contributed by atoms with Gasteiger partial charge < -0.3 is 10.6 Å². The van der Waals surface area contributed by atoms with Crippen LogP contribution in [0.4, 0.5) is 4.39 Å². The standard InChI is InChI=1S/C15H19FN2O2/c1-15(2,14(20)18-12-7-8-12)13(19)17-9-10-3-5-11(16)6-4-10/h3-6,12H,7-9H2,1-2H3,(H,17,19)(H,18,20). The number of nitrogens with one attached hydrogen (secondary N) is 2. The van der Waals surface area contributed by atoms with Crippen molar-refractivity contribution >= 4 is 11.8 Å². The average molecular weight is 278 g/mol. The molecule has 1 saturated carbocycles. The monoisotopic (exact) mass is 278 g/mol. The van der Waals surface area contributed by atoms with Crippen molar-refractivity contribution in [1.82, 2.24) is 10.6 Å². The van der Waals surface area contributed by atoms with Crippen LogP contribution in [0.1, 0.15) is 32.3 Å². The van der Waals surface area contributed by atoms with Gasteiger partial charge in [-0.2, -0.15) is 0 Å². The molecule has 1 aromatic carbocycles. The first-order chi connectivity index (χ1) is 9.39. The van der Waals surface area contributed by atoms with Crippen molar-refractivity contribution < 1.29 is 14.0 Å². The molecule has 1 aliphatic rings. The Kier molecular flexibility index (Phi) is 4.06. The summed E-state index contributed by atoms with van der Waals surface area (Å²) in [5, 5.41) is 5.54. The van der Waals surface area contributed by atoms with Crippen LogP contribution in [0, 0.1) is 11.2 Å². The van der Waals surface area contributed by atoms with Crippen molar-refractivity contribution in [2.45, 2.75) is 39.3 Å². The van der Waals surface area contributed by atoms with E-state index in [1.54, 1.807) is 26.0 Å². The number of hydrogen-bond donors (Lipinski definition) is 2. The normalized spacial score (nSPS) is 14.8. The molecule has 0 heterocycles. The summed E-state index contributed by atoms with van der Waals surface area (Å²) >= 11 is 0. The van der Waals surface area contributed by atoms with Crippen LogP contribution in [0.5, 0.6) is 0 Å². The van der Waals surface area contributed by atoms with Crippen molar-refractivity contribution in [2.75, 3.05) is 0 Å². The van der Waals surface area contributed by atoms with Gasteiger partial charge in [0.25, 0.3) is 0 Å². The van der Waals surface area contributed by atoms with Gasteiger partial charge in [0.1, 0.15) is 11.2 Å². The summed E-state index contributed by atoms with van der Waals surface area (Å²) in [6.07, 6.45) is 1.97. The van der Waals surface area contributed by atoms with Gasteiger partial charge in [-0.1, -0.05) is 12.1 Å². The number of halogens is 1. The number of amides is 2. The van der Waals surface area contributed by atoms with E-state index < -0.39 is 5.41 Å². The number of benzene rings is 1. The molecule has 0 spiro atoms. The number of rotatable bonds is 5. The van der Waals surface area contributed by atoms with Gasteiger partial charge in [-0.05, 0) is 44.4 Å². The van der Waals surface area contributed by atoms with E-state index in [0.29, 0.717) is 0 Å². The molecule has 108 valence electrons. The summed E-state index contributed by atoms with van der Waals surface area (Å²) < 4.78 is 12.8. The van der Waals surface area contributed by atoms with E-state index in [4.69, 9.17) is 0 Å². The molecule has 2 N–H and O–H groups in total. The zero-order valence-electron chi connectivity index (χ0n) is 11.7. The molecule has 0 aliphatic heterocycles. The fraction of sp³-hybridized carbons (Fsp3) is 0.467. The first-order valence-electron chi connectivity index (χ1n) is 6.73. The van der Waals surface area contributed by atoms with E-state index in [0.717, 1.165) is 18.4 Å². The minimum absolute atomic E-state index is 0.228. The van der Waals surface area contributed by atoms with Gasteiger partial charge in [-0.25, -0.2) is 4.39 Å². The maximum atomic E-state index is 12.8. The second kappa shape index (κ2) is 5.61. The summed E-state index contributed by atoms with van der Waals surface area (Å²) in [4.78, 5) is 24.1. The topological polar surface area (TPSA) is 58.2 Å². The Balaban J connectivity index is 1.89. The average Bonchev–Trinajstić information content (AvgIpc) is 3.21. The zero-order chi connectivity index (χ0) is 14.8. The van der Waals surface area contributed by atoms with Crippen LogP contribution in [-0.4, -0.2) is 17.9 Å². The minimum Gasteiger partial charge on any atom is -0.352 e. The van der Waals surface area contributed by atoms with Crippen molar-refractivity contribution in [3.05, 3.63) is 35.6 Å². The fourth-order valence-electron chi connectivity index (χ4n) is 1.70. The molecule has 1 fully saturated rings. The summed E-state index contributed by atoms with van der Waals surface area (Å²) in [7, 11) is 0. The van der Waals surface area contributed by atoms with Crippen LogP contribution in [0.15, 0.2) is 24.3 Å². The highest BCUT2D eigenvalue weighted by Crippen LogP contribution is 2.23. The Morgan fingerprint density at radius 1 is 1.20 bits per heavy atom. The summed E-state index contributed by atoms with van der Waals surface area (Å²) in [5.41, 5.74) is -0.319. The van der Waals surface area contributed by atoms with Crippen LogP contribution in [0.2, 0.25) is 0 Å². The van der Waals surface area contributed by atoms with Crippen LogP contribution < -0.4 is 10.6 Å². The lowest BCUT2D eigenvalue weighted by Crippen LogP contribution is -2.48. The Labute approximate surface area is 117 Å². The molecule has 4 nitrogen and oxygen atoms in total. The van der Waals surface area contributed by atoms with Crippen LogP contribution >= 0.6 is 0 Å². The third kappa shape index (κ3) is 3.56. The molecule has 0 radical (unpaired) electrons. The quantitative estimate of drug-likeness (QED) is 0.806. The third-order valence-corrected chi connectivity index (χ3v) is 3.41. The van der Waals surface area contributed by atoms with Gasteiger partial charge in [0, 0.05) is 12.6 Å². The molecule has 0 bridgehead atoms. The molecule has 1 aliphatic carbocycles. The highest BCUT2D eigenvalue weighted by atomic mass is 19.1. The molecule has 5 heteroatoms. The van der Waals surface area contributed by atoms with E-state index in [2.05, 4.69) is 10.6 Å². The van der Waals surface area contributed by atoms with E-state index in [1.165, 1.54) is 12.1 Å². The van der Waals surface area contributed by atoms with Gasteiger partial charge >= 0.3 is 0 Å². The smallest absolute Gasteiger partial charge is 0.235 e. The molecule has 0 unspecified atom stereocenters. The summed E-state index contributed by atoms with van der Waals surface area (Å²) in [6, 6.07) is 6.12. The minimum atomic E-state index is -1.11. The number of hydrogen-bond acceptors (Lipinski definition) is 2. The molecule has 0 saturated heterocycles. The lowest BCUT2D eigenvalue weighted by Gasteiger charge is -2.22. The summed E-state index contributed by atoms with van der Waals surface area (Å²) in [6.45, 7) is 3.48. The molecule has 20 heavy (non-hydrogen) atoms. The highest BCUT2D eigenvalue weighted by Gasteiger charge is 2.38. The van der Waals surface area contributed by atoms with Gasteiger partial charge in [0.15, 0.2) is 0 Å². The predicted molar refractivity (Wildman–Crippen MR) is 73.2 cm³/mol. The first kappa shape index (κ1) is 14.5. The van der Waals surface area contributed by atoms with E-state index in [1.807, 2.05) is 0 Å². The lowest BCUT2D eigenvalue weighted by molar-refractivity contribution is -0.141. The molecule has 2 rings (SSSR count). The molecule has 0 atom stereocenters. The maximum absolute atomic E-state index is 12.8. The van der Waals surface area contributed by atoms with Gasteiger partial charge in [-0.3, -0.25) is 9.59 Å². The van der Waals surface area contributed by atoms with Crippen LogP contribution in [0.3, 0.4) is 0 Å². The maximum Gasteiger partial charge on any atom is 0.235 e. The second-order valence-corrected chi connectivity index (χ2v) is 5.68. The molecular formula is C15H19FN2O2. The Morgan fingerprint density at radius 2 is 1.80 bits per heavy atom. The fourth-order valence-corrected chi connectivity index (χ4v) is 1.70. The van der Waals surface area contributed by atoms with Crippen molar-refractivity contribution in [3.8, 4) is 0 Å². The first-order valence-corrected chi connectivity index (χ1v) is 6.73. The van der Waals surface area contributed by atoms with Gasteiger partial charge in [0.2, 0.25) is 11.8 Å². The van der Waals surface area contributed by atoms with Crippen LogP contribution in [-0.2, 0) is 16.1 Å².